The lowest BCUT2D eigenvalue weighted by Crippen LogP contribution is -2.28. The molecule has 3 rings (SSSR count). The van der Waals surface area contributed by atoms with Crippen LogP contribution in [0.4, 0.5) is 24.5 Å². The second-order valence-electron chi connectivity index (χ2n) is 5.68. The van der Waals surface area contributed by atoms with Gasteiger partial charge in [-0.3, -0.25) is 0 Å². The molecule has 9 heteroatoms. The molecule has 1 unspecified atom stereocenters. The number of hydrogen-bond acceptors (Lipinski definition) is 5. The van der Waals surface area contributed by atoms with Crippen molar-refractivity contribution in [1.82, 2.24) is 4.98 Å². The predicted molar refractivity (Wildman–Crippen MR) is 101 cm³/mol. The summed E-state index contributed by atoms with van der Waals surface area (Å²) < 4.78 is 40.4. The molecule has 0 saturated heterocycles. The van der Waals surface area contributed by atoms with Crippen molar-refractivity contribution >= 4 is 23.0 Å². The lowest BCUT2D eigenvalue weighted by Gasteiger charge is -2.19. The lowest BCUT2D eigenvalue weighted by molar-refractivity contribution is -0.274. The summed E-state index contributed by atoms with van der Waals surface area (Å²) in [4.78, 5) is 4.04. The van der Waals surface area contributed by atoms with Gasteiger partial charge in [-0.25, -0.2) is 4.98 Å². The van der Waals surface area contributed by atoms with E-state index in [1.807, 2.05) is 12.1 Å². The van der Waals surface area contributed by atoms with Crippen LogP contribution in [0.5, 0.6) is 5.75 Å². The molecular formula is C19H15ClF3N3O2. The van der Waals surface area contributed by atoms with Gasteiger partial charge in [-0.15, -0.1) is 13.2 Å². The van der Waals surface area contributed by atoms with Crippen LogP contribution in [0, 0.1) is 0 Å². The number of para-hydroxylation sites is 1. The quantitative estimate of drug-likeness (QED) is 0.390. The van der Waals surface area contributed by atoms with E-state index in [1.54, 1.807) is 30.5 Å². The van der Waals surface area contributed by atoms with Gasteiger partial charge >= 0.3 is 6.36 Å². The summed E-state index contributed by atoms with van der Waals surface area (Å²) in [6.45, 7) is 0. The summed E-state index contributed by atoms with van der Waals surface area (Å²) in [5, 5.41) is 16.3. The molecule has 1 atom stereocenters. The number of aliphatic hydroxyl groups excluding tert-OH is 1. The summed E-state index contributed by atoms with van der Waals surface area (Å²) in [7, 11) is 0. The molecule has 3 N–H and O–H groups in total. The Morgan fingerprint density at radius 2 is 1.68 bits per heavy atom. The Kier molecular flexibility index (Phi) is 5.91. The highest BCUT2D eigenvalue weighted by molar-refractivity contribution is 6.29. The molecule has 0 aliphatic heterocycles. The molecule has 5 nitrogen and oxygen atoms in total. The molecule has 0 aliphatic carbocycles. The molecule has 0 fully saturated rings. The van der Waals surface area contributed by atoms with E-state index in [1.165, 1.54) is 12.1 Å². The zero-order valence-corrected chi connectivity index (χ0v) is 15.0. The van der Waals surface area contributed by atoms with Crippen LogP contribution in [0.2, 0.25) is 5.15 Å². The first-order chi connectivity index (χ1) is 13.3. The summed E-state index contributed by atoms with van der Waals surface area (Å²) in [6, 6.07) is 15.7. The van der Waals surface area contributed by atoms with E-state index in [0.717, 1.165) is 23.3 Å². The Labute approximate surface area is 163 Å². The standard InChI is InChI=1S/C19H15ClF3N3O2/c20-17-10-5-12(11-24-17)15-3-1-2-4-16(15)26-18(27)25-13-6-8-14(9-7-13)28-19(21,22)23/h1-11,18,25-27H. The van der Waals surface area contributed by atoms with Crippen LogP contribution in [-0.2, 0) is 0 Å². The molecule has 0 radical (unpaired) electrons. The topological polar surface area (TPSA) is 66.4 Å². The third-order valence-corrected chi connectivity index (χ3v) is 3.87. The fraction of sp³-hybridized carbons (Fsp3) is 0.105. The minimum Gasteiger partial charge on any atom is -0.406 e. The van der Waals surface area contributed by atoms with Gasteiger partial charge < -0.3 is 20.5 Å². The minimum atomic E-state index is -4.75. The molecule has 146 valence electrons. The average Bonchev–Trinajstić information content (AvgIpc) is 2.63. The van der Waals surface area contributed by atoms with Gasteiger partial charge in [-0.2, -0.15) is 0 Å². The average molecular weight is 410 g/mol. The zero-order chi connectivity index (χ0) is 20.1. The third-order valence-electron chi connectivity index (χ3n) is 3.65. The minimum absolute atomic E-state index is 0.346. The van der Waals surface area contributed by atoms with Crippen LogP contribution in [0.1, 0.15) is 0 Å². The van der Waals surface area contributed by atoms with Crippen LogP contribution in [0.3, 0.4) is 0 Å². The first-order valence-electron chi connectivity index (χ1n) is 8.08. The smallest absolute Gasteiger partial charge is 0.406 e. The van der Waals surface area contributed by atoms with Gasteiger partial charge in [0.1, 0.15) is 10.9 Å². The fourth-order valence-electron chi connectivity index (χ4n) is 2.49. The monoisotopic (exact) mass is 409 g/mol. The summed E-state index contributed by atoms with van der Waals surface area (Å²) in [5.74, 6) is -0.346. The second-order valence-corrected chi connectivity index (χ2v) is 6.07. The number of nitrogens with one attached hydrogen (secondary N) is 2. The number of nitrogens with zero attached hydrogens (tertiary/aromatic N) is 1. The Morgan fingerprint density at radius 3 is 2.32 bits per heavy atom. The molecular weight excluding hydrogens is 395 g/mol. The van der Waals surface area contributed by atoms with Gasteiger partial charge in [0.15, 0.2) is 0 Å². The Hall–Kier alpha value is -2.97. The molecule has 28 heavy (non-hydrogen) atoms. The van der Waals surface area contributed by atoms with Crippen molar-refractivity contribution in [3.05, 3.63) is 72.0 Å². The number of hydrogen-bond donors (Lipinski definition) is 3. The number of alkyl halides is 3. The van der Waals surface area contributed by atoms with Crippen molar-refractivity contribution < 1.29 is 23.0 Å². The van der Waals surface area contributed by atoms with Gasteiger partial charge in [0.05, 0.1) is 0 Å². The van der Waals surface area contributed by atoms with Crippen molar-refractivity contribution in [3.8, 4) is 16.9 Å². The molecule has 0 bridgehead atoms. The molecule has 1 heterocycles. The van der Waals surface area contributed by atoms with Crippen LogP contribution < -0.4 is 15.4 Å². The lowest BCUT2D eigenvalue weighted by atomic mass is 10.1. The number of pyridine rings is 1. The number of anilines is 2. The van der Waals surface area contributed by atoms with E-state index >= 15 is 0 Å². The molecule has 0 amide bonds. The molecule has 2 aromatic carbocycles. The summed E-state index contributed by atoms with van der Waals surface area (Å²) in [5.41, 5.74) is 2.62. The van der Waals surface area contributed by atoms with E-state index < -0.39 is 12.7 Å². The van der Waals surface area contributed by atoms with Gasteiger partial charge in [-0.1, -0.05) is 29.8 Å². The maximum Gasteiger partial charge on any atom is 0.573 e. The first-order valence-corrected chi connectivity index (χ1v) is 8.46. The molecule has 0 aliphatic rings. The number of rotatable bonds is 6. The van der Waals surface area contributed by atoms with E-state index in [4.69, 9.17) is 11.6 Å². The van der Waals surface area contributed by atoms with E-state index in [2.05, 4.69) is 20.4 Å². The number of ether oxygens (including phenoxy) is 1. The van der Waals surface area contributed by atoms with E-state index in [-0.39, 0.29) is 5.75 Å². The molecule has 3 aromatic rings. The number of halogens is 4. The van der Waals surface area contributed by atoms with Gasteiger partial charge in [0.25, 0.3) is 0 Å². The Balaban J connectivity index is 1.68. The highest BCUT2D eigenvalue weighted by Gasteiger charge is 2.30. The number of aliphatic hydroxyl groups is 1. The van der Waals surface area contributed by atoms with Crippen LogP contribution in [0.25, 0.3) is 11.1 Å². The van der Waals surface area contributed by atoms with Crippen molar-refractivity contribution in [2.24, 2.45) is 0 Å². The predicted octanol–water partition coefficient (Wildman–Crippen LogP) is 5.10. The second kappa shape index (κ2) is 8.37. The fourth-order valence-corrected chi connectivity index (χ4v) is 2.60. The summed E-state index contributed by atoms with van der Waals surface area (Å²) >= 11 is 5.81. The molecule has 1 aromatic heterocycles. The Bertz CT molecular complexity index is 919. The van der Waals surface area contributed by atoms with Crippen LogP contribution in [-0.4, -0.2) is 22.8 Å². The third kappa shape index (κ3) is 5.51. The van der Waals surface area contributed by atoms with E-state index in [9.17, 15) is 18.3 Å². The Morgan fingerprint density at radius 1 is 0.964 bits per heavy atom. The van der Waals surface area contributed by atoms with Crippen LogP contribution in [0.15, 0.2) is 66.9 Å². The highest BCUT2D eigenvalue weighted by atomic mass is 35.5. The van der Waals surface area contributed by atoms with Crippen LogP contribution >= 0.6 is 11.6 Å². The molecule has 0 saturated carbocycles. The normalized spacial score (nSPS) is 12.3. The van der Waals surface area contributed by atoms with Crippen molar-refractivity contribution in [2.45, 2.75) is 12.7 Å². The largest absolute Gasteiger partial charge is 0.573 e. The van der Waals surface area contributed by atoms with Crippen molar-refractivity contribution in [1.29, 1.82) is 0 Å². The first kappa shape index (κ1) is 19.8. The molecule has 0 spiro atoms. The number of benzene rings is 2. The van der Waals surface area contributed by atoms with Gasteiger partial charge in [0.2, 0.25) is 6.35 Å². The SMILES string of the molecule is OC(Nc1ccc(OC(F)(F)F)cc1)Nc1ccccc1-c1ccc(Cl)nc1. The number of aromatic nitrogens is 1. The van der Waals surface area contributed by atoms with Crippen molar-refractivity contribution in [3.63, 3.8) is 0 Å². The summed E-state index contributed by atoms with van der Waals surface area (Å²) in [6.07, 6.45) is -4.34. The maximum atomic E-state index is 12.2. The maximum absolute atomic E-state index is 12.2. The van der Waals surface area contributed by atoms with Crippen molar-refractivity contribution in [2.75, 3.05) is 10.6 Å². The zero-order valence-electron chi connectivity index (χ0n) is 14.2. The van der Waals surface area contributed by atoms with Gasteiger partial charge in [0, 0.05) is 28.7 Å². The van der Waals surface area contributed by atoms with Gasteiger partial charge in [-0.05, 0) is 42.5 Å². The van der Waals surface area contributed by atoms with E-state index in [0.29, 0.717) is 16.5 Å². The highest BCUT2D eigenvalue weighted by Crippen LogP contribution is 2.29.